The van der Waals surface area contributed by atoms with Crippen molar-refractivity contribution in [1.82, 2.24) is 9.80 Å². The first kappa shape index (κ1) is 14.5. The fourth-order valence-corrected chi connectivity index (χ4v) is 2.91. The van der Waals surface area contributed by atoms with E-state index >= 15 is 0 Å². The zero-order valence-electron chi connectivity index (χ0n) is 11.6. The van der Waals surface area contributed by atoms with Crippen LogP contribution in [0.5, 0.6) is 0 Å². The number of hydrogen-bond acceptors (Lipinski definition) is 4. The van der Waals surface area contributed by atoms with E-state index in [1.54, 1.807) is 16.2 Å². The first-order chi connectivity index (χ1) is 8.96. The van der Waals surface area contributed by atoms with Gasteiger partial charge in [0.25, 0.3) is 0 Å². The second kappa shape index (κ2) is 6.03. The number of nitrogens with zero attached hydrogens (tertiary/aromatic N) is 2. The second-order valence-electron chi connectivity index (χ2n) is 5.65. The molecule has 1 amide bonds. The Kier molecular flexibility index (Phi) is 4.60. The molecule has 0 saturated carbocycles. The molecule has 106 valence electrons. The van der Waals surface area contributed by atoms with Crippen LogP contribution in [0.15, 0.2) is 16.8 Å². The molecule has 0 radical (unpaired) electrons. The first-order valence-corrected chi connectivity index (χ1v) is 7.60. The summed E-state index contributed by atoms with van der Waals surface area (Å²) in [6.45, 7) is 4.59. The third-order valence-electron chi connectivity index (χ3n) is 3.72. The fourth-order valence-electron chi connectivity index (χ4n) is 2.25. The van der Waals surface area contributed by atoms with E-state index in [-0.39, 0.29) is 5.91 Å². The molecular formula is C14H22N2O2S. The highest BCUT2D eigenvalue weighted by molar-refractivity contribution is 7.07. The molecular weight excluding hydrogens is 260 g/mol. The SMILES string of the molecule is CN(Cc1ccsc1)C(=O)CN1CCC(C)(O)CC1. The summed E-state index contributed by atoms with van der Waals surface area (Å²) in [5.74, 6) is 0.146. The monoisotopic (exact) mass is 282 g/mol. The summed E-state index contributed by atoms with van der Waals surface area (Å²) < 4.78 is 0. The van der Waals surface area contributed by atoms with Crippen molar-refractivity contribution in [2.75, 3.05) is 26.7 Å². The molecule has 2 rings (SSSR count). The Hall–Kier alpha value is -0.910. The van der Waals surface area contributed by atoms with Gasteiger partial charge in [-0.2, -0.15) is 11.3 Å². The molecule has 19 heavy (non-hydrogen) atoms. The Morgan fingerprint density at radius 3 is 2.79 bits per heavy atom. The summed E-state index contributed by atoms with van der Waals surface area (Å²) in [7, 11) is 1.85. The molecule has 0 spiro atoms. The van der Waals surface area contributed by atoms with E-state index in [9.17, 15) is 9.90 Å². The van der Waals surface area contributed by atoms with Crippen LogP contribution in [-0.2, 0) is 11.3 Å². The number of hydrogen-bond donors (Lipinski definition) is 1. The second-order valence-corrected chi connectivity index (χ2v) is 6.43. The average molecular weight is 282 g/mol. The van der Waals surface area contributed by atoms with Crippen LogP contribution in [0.2, 0.25) is 0 Å². The van der Waals surface area contributed by atoms with Gasteiger partial charge in [-0.1, -0.05) is 0 Å². The lowest BCUT2D eigenvalue weighted by molar-refractivity contribution is -0.132. The maximum atomic E-state index is 12.1. The van der Waals surface area contributed by atoms with Gasteiger partial charge in [0.2, 0.25) is 5.91 Å². The van der Waals surface area contributed by atoms with Gasteiger partial charge in [-0.05, 0) is 42.2 Å². The third-order valence-corrected chi connectivity index (χ3v) is 4.45. The molecule has 5 heteroatoms. The van der Waals surface area contributed by atoms with Crippen molar-refractivity contribution >= 4 is 17.2 Å². The molecule has 0 aliphatic carbocycles. The molecule has 1 saturated heterocycles. The molecule has 0 aromatic carbocycles. The lowest BCUT2D eigenvalue weighted by atomic mass is 9.94. The van der Waals surface area contributed by atoms with Crippen LogP contribution in [0, 0.1) is 0 Å². The highest BCUT2D eigenvalue weighted by atomic mass is 32.1. The maximum absolute atomic E-state index is 12.1. The van der Waals surface area contributed by atoms with Gasteiger partial charge in [-0.25, -0.2) is 0 Å². The minimum atomic E-state index is -0.553. The number of rotatable bonds is 4. The fraction of sp³-hybridized carbons (Fsp3) is 0.643. The predicted octanol–water partition coefficient (Wildman–Crippen LogP) is 1.55. The summed E-state index contributed by atoms with van der Waals surface area (Å²) in [6, 6.07) is 2.05. The summed E-state index contributed by atoms with van der Waals surface area (Å²) in [6.07, 6.45) is 1.49. The average Bonchev–Trinajstić information content (AvgIpc) is 2.84. The van der Waals surface area contributed by atoms with Crippen LogP contribution in [-0.4, -0.2) is 53.1 Å². The third kappa shape index (κ3) is 4.30. The van der Waals surface area contributed by atoms with Crippen LogP contribution in [0.4, 0.5) is 0 Å². The largest absolute Gasteiger partial charge is 0.390 e. The van der Waals surface area contributed by atoms with Gasteiger partial charge < -0.3 is 10.0 Å². The Morgan fingerprint density at radius 1 is 1.53 bits per heavy atom. The van der Waals surface area contributed by atoms with Crippen molar-refractivity contribution in [3.63, 3.8) is 0 Å². The summed E-state index contributed by atoms with van der Waals surface area (Å²) in [4.78, 5) is 16.0. The normalized spacial score (nSPS) is 19.3. The topological polar surface area (TPSA) is 43.8 Å². The van der Waals surface area contributed by atoms with Gasteiger partial charge in [0.1, 0.15) is 0 Å². The van der Waals surface area contributed by atoms with Gasteiger partial charge in [0, 0.05) is 26.7 Å². The maximum Gasteiger partial charge on any atom is 0.236 e. The number of likely N-dealkylation sites (N-methyl/N-ethyl adjacent to an activating group) is 1. The highest BCUT2D eigenvalue weighted by Crippen LogP contribution is 2.20. The number of amides is 1. The van der Waals surface area contributed by atoms with E-state index in [4.69, 9.17) is 0 Å². The van der Waals surface area contributed by atoms with Crippen molar-refractivity contribution in [1.29, 1.82) is 0 Å². The molecule has 1 aliphatic heterocycles. The summed E-state index contributed by atoms with van der Waals surface area (Å²) >= 11 is 1.65. The number of aliphatic hydroxyl groups is 1. The molecule has 1 fully saturated rings. The number of carbonyl (C=O) groups excluding carboxylic acids is 1. The molecule has 1 aromatic heterocycles. The van der Waals surface area contributed by atoms with Gasteiger partial charge in [-0.15, -0.1) is 0 Å². The van der Waals surface area contributed by atoms with E-state index in [0.29, 0.717) is 13.1 Å². The zero-order chi connectivity index (χ0) is 13.9. The molecule has 1 aromatic rings. The lowest BCUT2D eigenvalue weighted by Crippen LogP contribution is -2.46. The van der Waals surface area contributed by atoms with E-state index < -0.39 is 5.60 Å². The minimum Gasteiger partial charge on any atom is -0.390 e. The lowest BCUT2D eigenvalue weighted by Gasteiger charge is -2.35. The highest BCUT2D eigenvalue weighted by Gasteiger charge is 2.28. The van der Waals surface area contributed by atoms with Crippen LogP contribution >= 0.6 is 11.3 Å². The first-order valence-electron chi connectivity index (χ1n) is 6.66. The standard InChI is InChI=1S/C14H22N2O2S/c1-14(18)4-6-16(7-5-14)10-13(17)15(2)9-12-3-8-19-11-12/h3,8,11,18H,4-7,9-10H2,1-2H3. The van der Waals surface area contributed by atoms with Crippen LogP contribution in [0.3, 0.4) is 0 Å². The van der Waals surface area contributed by atoms with Crippen molar-refractivity contribution in [3.05, 3.63) is 22.4 Å². The molecule has 1 aliphatic rings. The molecule has 0 unspecified atom stereocenters. The number of likely N-dealkylation sites (tertiary alicyclic amines) is 1. The van der Waals surface area contributed by atoms with Crippen molar-refractivity contribution in [2.24, 2.45) is 0 Å². The minimum absolute atomic E-state index is 0.146. The van der Waals surface area contributed by atoms with E-state index in [0.717, 1.165) is 25.9 Å². The number of carbonyl (C=O) groups is 1. The van der Waals surface area contributed by atoms with Crippen LogP contribution in [0.1, 0.15) is 25.3 Å². The van der Waals surface area contributed by atoms with Gasteiger partial charge in [-0.3, -0.25) is 9.69 Å². The van der Waals surface area contributed by atoms with Crippen molar-refractivity contribution in [3.8, 4) is 0 Å². The Balaban J connectivity index is 1.78. The van der Waals surface area contributed by atoms with Gasteiger partial charge in [0.05, 0.1) is 12.1 Å². The van der Waals surface area contributed by atoms with Crippen LogP contribution < -0.4 is 0 Å². The molecule has 1 N–H and O–H groups in total. The van der Waals surface area contributed by atoms with E-state index in [2.05, 4.69) is 10.3 Å². The summed E-state index contributed by atoms with van der Waals surface area (Å²) in [5.41, 5.74) is 0.629. The van der Waals surface area contributed by atoms with E-state index in [1.807, 2.05) is 25.4 Å². The zero-order valence-corrected chi connectivity index (χ0v) is 12.4. The molecule has 0 bridgehead atoms. The quantitative estimate of drug-likeness (QED) is 0.911. The Labute approximate surface area is 118 Å². The van der Waals surface area contributed by atoms with Crippen LogP contribution in [0.25, 0.3) is 0 Å². The van der Waals surface area contributed by atoms with Crippen molar-refractivity contribution in [2.45, 2.75) is 31.9 Å². The Morgan fingerprint density at radius 2 is 2.21 bits per heavy atom. The smallest absolute Gasteiger partial charge is 0.236 e. The van der Waals surface area contributed by atoms with Gasteiger partial charge in [0.15, 0.2) is 0 Å². The van der Waals surface area contributed by atoms with Crippen molar-refractivity contribution < 1.29 is 9.90 Å². The van der Waals surface area contributed by atoms with Gasteiger partial charge >= 0.3 is 0 Å². The summed E-state index contributed by atoms with van der Waals surface area (Å²) in [5, 5.41) is 14.0. The molecule has 2 heterocycles. The van der Waals surface area contributed by atoms with E-state index in [1.165, 1.54) is 5.56 Å². The number of piperidine rings is 1. The predicted molar refractivity (Wildman–Crippen MR) is 77.1 cm³/mol. The Bertz CT molecular complexity index is 407. The number of thiophene rings is 1. The molecule has 4 nitrogen and oxygen atoms in total. The molecule has 0 atom stereocenters.